The number of ether oxygens (including phenoxy) is 2. The molecule has 0 saturated carbocycles. The minimum atomic E-state index is -1.02. The Morgan fingerprint density at radius 3 is 3.00 bits per heavy atom. The highest BCUT2D eigenvalue weighted by molar-refractivity contribution is 5.90. The quantitative estimate of drug-likeness (QED) is 0.822. The maximum absolute atomic E-state index is 10.9. The third-order valence-electron chi connectivity index (χ3n) is 2.78. The zero-order chi connectivity index (χ0) is 12.8. The van der Waals surface area contributed by atoms with E-state index in [1.807, 2.05) is 0 Å². The van der Waals surface area contributed by atoms with Crippen LogP contribution in [-0.4, -0.2) is 60.4 Å². The summed E-state index contributed by atoms with van der Waals surface area (Å²) in [6.07, 6.45) is 2.82. The third-order valence-corrected chi connectivity index (χ3v) is 2.78. The molecule has 1 aliphatic heterocycles. The number of morpholine rings is 1. The second kappa shape index (κ2) is 6.32. The van der Waals surface area contributed by atoms with Crippen molar-refractivity contribution in [1.82, 2.24) is 9.88 Å². The minimum absolute atomic E-state index is 0.0967. The molecule has 0 atom stereocenters. The Kier molecular flexibility index (Phi) is 4.49. The smallest absolute Gasteiger partial charge is 0.341 e. The van der Waals surface area contributed by atoms with Gasteiger partial charge in [-0.25, -0.2) is 4.79 Å². The van der Waals surface area contributed by atoms with E-state index in [1.54, 1.807) is 6.07 Å². The van der Waals surface area contributed by atoms with E-state index >= 15 is 0 Å². The van der Waals surface area contributed by atoms with Gasteiger partial charge in [0.05, 0.1) is 13.2 Å². The molecule has 1 aromatic rings. The first-order valence-corrected chi connectivity index (χ1v) is 5.87. The number of carbonyl (C=O) groups is 1. The fourth-order valence-electron chi connectivity index (χ4n) is 1.78. The lowest BCUT2D eigenvalue weighted by Crippen LogP contribution is -2.38. The highest BCUT2D eigenvalue weighted by Gasteiger charge is 2.13. The van der Waals surface area contributed by atoms with E-state index < -0.39 is 5.97 Å². The van der Waals surface area contributed by atoms with Crippen LogP contribution in [0.25, 0.3) is 0 Å². The van der Waals surface area contributed by atoms with Crippen molar-refractivity contribution in [2.45, 2.75) is 0 Å². The van der Waals surface area contributed by atoms with Crippen molar-refractivity contribution in [3.05, 3.63) is 24.0 Å². The highest BCUT2D eigenvalue weighted by Crippen LogP contribution is 2.16. The van der Waals surface area contributed by atoms with Crippen molar-refractivity contribution in [3.8, 4) is 5.75 Å². The van der Waals surface area contributed by atoms with Crippen LogP contribution < -0.4 is 4.74 Å². The van der Waals surface area contributed by atoms with Crippen molar-refractivity contribution >= 4 is 5.97 Å². The Bertz CT molecular complexity index is 405. The molecule has 1 N–H and O–H groups in total. The Morgan fingerprint density at radius 1 is 1.50 bits per heavy atom. The maximum Gasteiger partial charge on any atom is 0.341 e. The number of carboxylic acid groups (broad SMARTS) is 1. The first-order chi connectivity index (χ1) is 8.77. The molecule has 1 aliphatic rings. The molecule has 18 heavy (non-hydrogen) atoms. The Hall–Kier alpha value is -1.66. The minimum Gasteiger partial charge on any atom is -0.491 e. The van der Waals surface area contributed by atoms with Gasteiger partial charge in [0.15, 0.2) is 0 Å². The number of aromatic carboxylic acids is 1. The van der Waals surface area contributed by atoms with Gasteiger partial charge in [-0.05, 0) is 6.07 Å². The number of hydrogen-bond acceptors (Lipinski definition) is 5. The number of hydrogen-bond donors (Lipinski definition) is 1. The molecule has 0 bridgehead atoms. The lowest BCUT2D eigenvalue weighted by molar-refractivity contribution is 0.0321. The van der Waals surface area contributed by atoms with Crippen molar-refractivity contribution in [2.24, 2.45) is 0 Å². The summed E-state index contributed by atoms with van der Waals surface area (Å²) in [5, 5.41) is 8.97. The second-order valence-corrected chi connectivity index (χ2v) is 3.98. The molecule has 0 radical (unpaired) electrons. The van der Waals surface area contributed by atoms with Crippen LogP contribution >= 0.6 is 0 Å². The molecule has 1 saturated heterocycles. The van der Waals surface area contributed by atoms with Gasteiger partial charge >= 0.3 is 5.97 Å². The molecule has 1 aromatic heterocycles. The summed E-state index contributed by atoms with van der Waals surface area (Å²) in [4.78, 5) is 16.9. The van der Waals surface area contributed by atoms with Crippen molar-refractivity contribution in [2.75, 3.05) is 39.5 Å². The molecule has 98 valence electrons. The average Bonchev–Trinajstić information content (AvgIpc) is 2.40. The first kappa shape index (κ1) is 12.8. The summed E-state index contributed by atoms with van der Waals surface area (Å²) in [6.45, 7) is 4.51. The summed E-state index contributed by atoms with van der Waals surface area (Å²) in [6, 6.07) is 1.57. The predicted molar refractivity (Wildman–Crippen MR) is 64.0 cm³/mol. The molecule has 2 heterocycles. The van der Waals surface area contributed by atoms with E-state index in [0.717, 1.165) is 32.8 Å². The van der Waals surface area contributed by atoms with Crippen molar-refractivity contribution in [1.29, 1.82) is 0 Å². The summed E-state index contributed by atoms with van der Waals surface area (Å²) < 4.78 is 10.7. The Balaban J connectivity index is 1.84. The van der Waals surface area contributed by atoms with E-state index in [9.17, 15) is 4.79 Å². The molecule has 0 unspecified atom stereocenters. The highest BCUT2D eigenvalue weighted by atomic mass is 16.5. The number of aromatic nitrogens is 1. The maximum atomic E-state index is 10.9. The van der Waals surface area contributed by atoms with Gasteiger partial charge in [-0.3, -0.25) is 9.88 Å². The molecular formula is C12H16N2O4. The van der Waals surface area contributed by atoms with Gasteiger partial charge < -0.3 is 14.6 Å². The third kappa shape index (κ3) is 3.41. The molecule has 0 spiro atoms. The van der Waals surface area contributed by atoms with E-state index in [1.165, 1.54) is 12.4 Å². The zero-order valence-corrected chi connectivity index (χ0v) is 10.0. The molecule has 1 fully saturated rings. The summed E-state index contributed by atoms with van der Waals surface area (Å²) >= 11 is 0. The van der Waals surface area contributed by atoms with Gasteiger partial charge in [0, 0.05) is 32.0 Å². The zero-order valence-electron chi connectivity index (χ0n) is 10.0. The number of pyridine rings is 1. The van der Waals surface area contributed by atoms with Crippen LogP contribution in [0.4, 0.5) is 0 Å². The fourth-order valence-corrected chi connectivity index (χ4v) is 1.78. The summed E-state index contributed by atoms with van der Waals surface area (Å²) in [7, 11) is 0. The molecule has 6 nitrogen and oxygen atoms in total. The van der Waals surface area contributed by atoms with Gasteiger partial charge in [0.25, 0.3) is 0 Å². The van der Waals surface area contributed by atoms with Gasteiger partial charge in [0.1, 0.15) is 17.9 Å². The number of nitrogens with zero attached hydrogens (tertiary/aromatic N) is 2. The molecule has 0 amide bonds. The van der Waals surface area contributed by atoms with E-state index in [2.05, 4.69) is 9.88 Å². The van der Waals surface area contributed by atoms with Crippen LogP contribution in [0, 0.1) is 0 Å². The van der Waals surface area contributed by atoms with Crippen LogP contribution in [0.3, 0.4) is 0 Å². The van der Waals surface area contributed by atoms with Crippen LogP contribution in [0.1, 0.15) is 10.4 Å². The largest absolute Gasteiger partial charge is 0.491 e. The predicted octanol–water partition coefficient (Wildman–Crippen LogP) is 0.491. The fraction of sp³-hybridized carbons (Fsp3) is 0.500. The molecule has 6 heteroatoms. The van der Waals surface area contributed by atoms with Crippen molar-refractivity contribution in [3.63, 3.8) is 0 Å². The SMILES string of the molecule is O=C(O)c1cnccc1OCCN1CCOCC1. The Labute approximate surface area is 105 Å². The summed E-state index contributed by atoms with van der Waals surface area (Å²) in [5.41, 5.74) is 0.0967. The van der Waals surface area contributed by atoms with Crippen LogP contribution in [0.15, 0.2) is 18.5 Å². The lowest BCUT2D eigenvalue weighted by atomic mass is 10.2. The van der Waals surface area contributed by atoms with Gasteiger partial charge in [-0.2, -0.15) is 0 Å². The lowest BCUT2D eigenvalue weighted by Gasteiger charge is -2.26. The van der Waals surface area contributed by atoms with E-state index in [-0.39, 0.29) is 5.56 Å². The first-order valence-electron chi connectivity index (χ1n) is 5.87. The Morgan fingerprint density at radius 2 is 2.28 bits per heavy atom. The second-order valence-electron chi connectivity index (χ2n) is 3.98. The van der Waals surface area contributed by atoms with Crippen LogP contribution in [0.5, 0.6) is 5.75 Å². The van der Waals surface area contributed by atoms with Crippen LogP contribution in [0.2, 0.25) is 0 Å². The van der Waals surface area contributed by atoms with Gasteiger partial charge in [0.2, 0.25) is 0 Å². The molecule has 0 aromatic carbocycles. The van der Waals surface area contributed by atoms with Gasteiger partial charge in [-0.1, -0.05) is 0 Å². The number of rotatable bonds is 5. The summed E-state index contributed by atoms with van der Waals surface area (Å²) in [5.74, 6) is -0.657. The van der Waals surface area contributed by atoms with Crippen LogP contribution in [-0.2, 0) is 4.74 Å². The molecular weight excluding hydrogens is 236 g/mol. The normalized spacial score (nSPS) is 16.4. The topological polar surface area (TPSA) is 71.9 Å². The monoisotopic (exact) mass is 252 g/mol. The van der Waals surface area contributed by atoms with E-state index in [4.69, 9.17) is 14.6 Å². The standard InChI is InChI=1S/C12H16N2O4/c15-12(16)10-9-13-2-1-11(10)18-8-5-14-3-6-17-7-4-14/h1-2,9H,3-8H2,(H,15,16). The number of carboxylic acids is 1. The molecule has 2 rings (SSSR count). The molecule has 0 aliphatic carbocycles. The van der Waals surface area contributed by atoms with Crippen molar-refractivity contribution < 1.29 is 19.4 Å². The van der Waals surface area contributed by atoms with Gasteiger partial charge in [-0.15, -0.1) is 0 Å². The van der Waals surface area contributed by atoms with E-state index in [0.29, 0.717) is 12.4 Å². The average molecular weight is 252 g/mol.